The Labute approximate surface area is 194 Å². The van der Waals surface area contributed by atoms with Crippen LogP contribution in [0.25, 0.3) is 0 Å². The molecule has 0 aliphatic carbocycles. The van der Waals surface area contributed by atoms with Gasteiger partial charge < -0.3 is 10.1 Å². The van der Waals surface area contributed by atoms with Crippen molar-refractivity contribution in [3.8, 4) is 5.75 Å². The number of rotatable bonds is 7. The summed E-state index contributed by atoms with van der Waals surface area (Å²) < 4.78 is 6.67. The number of carbonyl (C=O) groups is 1. The maximum Gasteiger partial charge on any atom is 0.258 e. The van der Waals surface area contributed by atoms with Crippen molar-refractivity contribution in [1.82, 2.24) is 19.8 Å². The molecule has 172 valence electrons. The molecule has 1 amide bonds. The van der Waals surface area contributed by atoms with Gasteiger partial charge in [0.1, 0.15) is 18.1 Å². The zero-order valence-electron chi connectivity index (χ0n) is 19.4. The molecule has 1 aromatic heterocycles. The van der Waals surface area contributed by atoms with E-state index in [-0.39, 0.29) is 24.1 Å². The molecule has 7 heteroatoms. The number of hydrogen-bond acceptors (Lipinski definition) is 5. The molecule has 1 N–H and O–H groups in total. The van der Waals surface area contributed by atoms with Crippen LogP contribution in [0.15, 0.2) is 59.4 Å². The highest BCUT2D eigenvalue weighted by Gasteiger charge is 2.23. The van der Waals surface area contributed by atoms with Gasteiger partial charge >= 0.3 is 0 Å². The Bertz CT molecular complexity index is 1170. The van der Waals surface area contributed by atoms with Crippen LogP contribution in [-0.2, 0) is 30.8 Å². The van der Waals surface area contributed by atoms with Gasteiger partial charge in [-0.15, -0.1) is 0 Å². The normalized spacial score (nSPS) is 14.4. The molecule has 1 aliphatic rings. The molecule has 33 heavy (non-hydrogen) atoms. The molecular weight excluding hydrogens is 416 g/mol. The molecule has 4 rings (SSSR count). The van der Waals surface area contributed by atoms with E-state index in [1.807, 2.05) is 49.4 Å². The van der Waals surface area contributed by atoms with Crippen LogP contribution in [0.4, 0.5) is 0 Å². The van der Waals surface area contributed by atoms with Crippen molar-refractivity contribution in [2.45, 2.75) is 45.9 Å². The maximum absolute atomic E-state index is 13.3. The first-order chi connectivity index (χ1) is 15.9. The highest BCUT2D eigenvalue weighted by Crippen LogP contribution is 2.18. The molecule has 0 saturated heterocycles. The minimum absolute atomic E-state index is 0.0515. The minimum atomic E-state index is -0.220. The number of aromatic nitrogens is 2. The standard InChI is InChI=1S/C26H30N4O3/c1-18(21-9-11-22(33-3)12-10-21)27-25(31)17-30-19(2)28-24-13-14-29(16-23(24)26(30)32)15-20-7-5-4-6-8-20/h4-12,18H,13-17H2,1-3H3,(H,27,31)/t18-/m1/s1. The van der Waals surface area contributed by atoms with Gasteiger partial charge in [0.05, 0.1) is 24.4 Å². The first-order valence-corrected chi connectivity index (χ1v) is 11.2. The SMILES string of the molecule is COc1ccc([C@@H](C)NC(=O)Cn2c(C)nc3c(c2=O)CN(Cc2ccccc2)CC3)cc1. The van der Waals surface area contributed by atoms with Crippen LogP contribution in [0.5, 0.6) is 5.75 Å². The van der Waals surface area contributed by atoms with Crippen molar-refractivity contribution >= 4 is 5.91 Å². The molecule has 1 aliphatic heterocycles. The Morgan fingerprint density at radius 1 is 1.15 bits per heavy atom. The van der Waals surface area contributed by atoms with Crippen molar-refractivity contribution in [1.29, 1.82) is 0 Å². The van der Waals surface area contributed by atoms with Crippen molar-refractivity contribution < 1.29 is 9.53 Å². The number of ether oxygens (including phenoxy) is 1. The third-order valence-corrected chi connectivity index (χ3v) is 6.13. The lowest BCUT2D eigenvalue weighted by atomic mass is 10.1. The fraction of sp³-hybridized carbons (Fsp3) is 0.346. The second-order valence-electron chi connectivity index (χ2n) is 8.48. The number of nitrogens with one attached hydrogen (secondary N) is 1. The van der Waals surface area contributed by atoms with E-state index < -0.39 is 0 Å². The Kier molecular flexibility index (Phi) is 6.89. The van der Waals surface area contributed by atoms with E-state index in [0.29, 0.717) is 17.9 Å². The molecule has 1 atom stereocenters. The monoisotopic (exact) mass is 446 g/mol. The van der Waals surface area contributed by atoms with Crippen molar-refractivity contribution in [3.63, 3.8) is 0 Å². The molecule has 7 nitrogen and oxygen atoms in total. The average molecular weight is 447 g/mol. The third-order valence-electron chi connectivity index (χ3n) is 6.13. The number of methoxy groups -OCH3 is 1. The van der Waals surface area contributed by atoms with E-state index in [1.165, 1.54) is 10.1 Å². The minimum Gasteiger partial charge on any atom is -0.497 e. The molecule has 2 heterocycles. The summed E-state index contributed by atoms with van der Waals surface area (Å²) in [6, 6.07) is 17.6. The number of amides is 1. The topological polar surface area (TPSA) is 76.5 Å². The molecular formula is C26H30N4O3. The Morgan fingerprint density at radius 2 is 1.88 bits per heavy atom. The molecule has 3 aromatic rings. The van der Waals surface area contributed by atoms with Gasteiger partial charge in [-0.05, 0) is 37.1 Å². The quantitative estimate of drug-likeness (QED) is 0.604. The fourth-order valence-corrected chi connectivity index (χ4v) is 4.26. The lowest BCUT2D eigenvalue weighted by molar-refractivity contribution is -0.122. The first kappa shape index (κ1) is 22.7. The van der Waals surface area contributed by atoms with Crippen LogP contribution in [0.2, 0.25) is 0 Å². The van der Waals surface area contributed by atoms with Gasteiger partial charge in [0.15, 0.2) is 0 Å². The molecule has 0 bridgehead atoms. The number of nitrogens with zero attached hydrogens (tertiary/aromatic N) is 3. The van der Waals surface area contributed by atoms with Crippen LogP contribution in [0.3, 0.4) is 0 Å². The second-order valence-corrected chi connectivity index (χ2v) is 8.48. The van der Waals surface area contributed by atoms with E-state index in [9.17, 15) is 9.59 Å². The van der Waals surface area contributed by atoms with Gasteiger partial charge in [-0.2, -0.15) is 0 Å². The van der Waals surface area contributed by atoms with Gasteiger partial charge in [0.25, 0.3) is 5.56 Å². The third kappa shape index (κ3) is 5.31. The number of hydrogen-bond donors (Lipinski definition) is 1. The van der Waals surface area contributed by atoms with E-state index in [4.69, 9.17) is 4.74 Å². The predicted molar refractivity (Wildman–Crippen MR) is 127 cm³/mol. The maximum atomic E-state index is 13.3. The number of fused-ring (bicyclic) bond motifs is 1. The van der Waals surface area contributed by atoms with Crippen LogP contribution >= 0.6 is 0 Å². The van der Waals surface area contributed by atoms with Crippen molar-refractivity contribution in [3.05, 3.63) is 93.2 Å². The zero-order valence-corrected chi connectivity index (χ0v) is 19.4. The summed E-state index contributed by atoms with van der Waals surface area (Å²) in [6.07, 6.45) is 0.736. The van der Waals surface area contributed by atoms with Crippen LogP contribution in [0, 0.1) is 6.92 Å². The lowest BCUT2D eigenvalue weighted by Crippen LogP contribution is -2.41. The van der Waals surface area contributed by atoms with Gasteiger partial charge in [-0.3, -0.25) is 19.1 Å². The van der Waals surface area contributed by atoms with Gasteiger partial charge in [0.2, 0.25) is 5.91 Å². The summed E-state index contributed by atoms with van der Waals surface area (Å²) in [7, 11) is 1.62. The number of benzene rings is 2. The summed E-state index contributed by atoms with van der Waals surface area (Å²) in [4.78, 5) is 33.0. The molecule has 0 fully saturated rings. The lowest BCUT2D eigenvalue weighted by Gasteiger charge is -2.28. The van der Waals surface area contributed by atoms with Gasteiger partial charge in [-0.25, -0.2) is 4.98 Å². The molecule has 0 radical (unpaired) electrons. The fourth-order valence-electron chi connectivity index (χ4n) is 4.26. The summed E-state index contributed by atoms with van der Waals surface area (Å²) in [5, 5.41) is 2.98. The summed E-state index contributed by atoms with van der Waals surface area (Å²) in [5.74, 6) is 1.12. The Balaban J connectivity index is 1.46. The van der Waals surface area contributed by atoms with E-state index >= 15 is 0 Å². The molecule has 0 spiro atoms. The van der Waals surface area contributed by atoms with Crippen LogP contribution in [0.1, 0.15) is 41.2 Å². The molecule has 0 unspecified atom stereocenters. The van der Waals surface area contributed by atoms with E-state index in [1.54, 1.807) is 14.0 Å². The van der Waals surface area contributed by atoms with Crippen molar-refractivity contribution in [2.24, 2.45) is 0 Å². The predicted octanol–water partition coefficient (Wildman–Crippen LogP) is 3.00. The van der Waals surface area contributed by atoms with Crippen molar-refractivity contribution in [2.75, 3.05) is 13.7 Å². The number of aryl methyl sites for hydroxylation is 1. The highest BCUT2D eigenvalue weighted by molar-refractivity contribution is 5.76. The summed E-state index contributed by atoms with van der Waals surface area (Å²) >= 11 is 0. The van der Waals surface area contributed by atoms with E-state index in [0.717, 1.165) is 36.5 Å². The Hall–Kier alpha value is -3.45. The van der Waals surface area contributed by atoms with E-state index in [2.05, 4.69) is 27.3 Å². The zero-order chi connectivity index (χ0) is 23.4. The molecule has 2 aromatic carbocycles. The molecule has 0 saturated carbocycles. The van der Waals surface area contributed by atoms with Crippen LogP contribution in [-0.4, -0.2) is 34.0 Å². The summed E-state index contributed by atoms with van der Waals surface area (Å²) in [6.45, 7) is 5.84. The Morgan fingerprint density at radius 3 is 2.58 bits per heavy atom. The van der Waals surface area contributed by atoms with Gasteiger partial charge in [0, 0.05) is 26.1 Å². The second kappa shape index (κ2) is 10.0. The summed E-state index contributed by atoms with van der Waals surface area (Å²) in [5.41, 5.74) is 3.60. The highest BCUT2D eigenvalue weighted by atomic mass is 16.5. The average Bonchev–Trinajstić information content (AvgIpc) is 2.83. The number of carbonyl (C=O) groups excluding carboxylic acids is 1. The first-order valence-electron chi connectivity index (χ1n) is 11.2. The largest absolute Gasteiger partial charge is 0.497 e. The smallest absolute Gasteiger partial charge is 0.258 e. The van der Waals surface area contributed by atoms with Gasteiger partial charge in [-0.1, -0.05) is 42.5 Å². The van der Waals surface area contributed by atoms with Crippen LogP contribution < -0.4 is 15.6 Å².